The van der Waals surface area contributed by atoms with E-state index in [0.717, 1.165) is 12.8 Å². The lowest BCUT2D eigenvalue weighted by Crippen LogP contribution is -2.42. The number of carboxylic acids is 1. The van der Waals surface area contributed by atoms with E-state index in [4.69, 9.17) is 14.2 Å². The van der Waals surface area contributed by atoms with Crippen LogP contribution in [0.15, 0.2) is 91.0 Å². The fraction of sp³-hybridized carbons (Fsp3) is 0.308. The van der Waals surface area contributed by atoms with Crippen molar-refractivity contribution in [3.63, 3.8) is 0 Å². The van der Waals surface area contributed by atoms with Crippen molar-refractivity contribution in [3.05, 3.63) is 119 Å². The van der Waals surface area contributed by atoms with E-state index in [0.29, 0.717) is 34.7 Å². The van der Waals surface area contributed by atoms with E-state index in [9.17, 15) is 29.0 Å². The minimum Gasteiger partial charge on any atom is -0.494 e. The van der Waals surface area contributed by atoms with Crippen LogP contribution in [0.4, 0.5) is 10.1 Å². The molecule has 4 rings (SSSR count). The van der Waals surface area contributed by atoms with Gasteiger partial charge in [0.25, 0.3) is 5.91 Å². The number of carbonyl (C=O) groups is 3. The molecule has 0 aliphatic rings. The molecule has 2 atom stereocenters. The van der Waals surface area contributed by atoms with Crippen LogP contribution in [-0.2, 0) is 22.4 Å². The summed E-state index contributed by atoms with van der Waals surface area (Å²) in [5.41, 5.74) is 2.19. The topological polar surface area (TPSA) is 143 Å². The van der Waals surface area contributed by atoms with Gasteiger partial charge in [-0.2, -0.15) is 0 Å². The summed E-state index contributed by atoms with van der Waals surface area (Å²) >= 11 is 0. The third-order valence-electron chi connectivity index (χ3n) is 7.88. The SMILES string of the molecule is CCCCCCCOc1ccc(C(O)Oc2ccc(CC(NC(=O)c3ccc(NC(=O)Cc4cccc(F)c4)cc3)C(=O)O)cc2OC)cc1. The highest BCUT2D eigenvalue weighted by Crippen LogP contribution is 2.32. The van der Waals surface area contributed by atoms with E-state index < -0.39 is 30.0 Å². The molecule has 0 aromatic heterocycles. The van der Waals surface area contributed by atoms with Crippen LogP contribution in [-0.4, -0.2) is 47.8 Å². The van der Waals surface area contributed by atoms with Crippen molar-refractivity contribution in [1.29, 1.82) is 0 Å². The number of methoxy groups -OCH3 is 1. The number of aliphatic carboxylic acids is 1. The first-order chi connectivity index (χ1) is 24.1. The number of carbonyl (C=O) groups excluding carboxylic acids is 2. The molecule has 0 aliphatic heterocycles. The van der Waals surface area contributed by atoms with Crippen LogP contribution in [0.25, 0.3) is 0 Å². The van der Waals surface area contributed by atoms with E-state index in [1.54, 1.807) is 48.5 Å². The van der Waals surface area contributed by atoms with Crippen molar-refractivity contribution in [3.8, 4) is 17.2 Å². The number of nitrogens with one attached hydrogen (secondary N) is 2. The molecule has 264 valence electrons. The Bertz CT molecular complexity index is 1710. The molecule has 0 saturated heterocycles. The molecule has 0 saturated carbocycles. The van der Waals surface area contributed by atoms with Crippen LogP contribution >= 0.6 is 0 Å². The number of halogens is 1. The number of benzene rings is 4. The summed E-state index contributed by atoms with van der Waals surface area (Å²) in [6.45, 7) is 2.81. The molecule has 11 heteroatoms. The first-order valence-corrected chi connectivity index (χ1v) is 16.6. The lowest BCUT2D eigenvalue weighted by Gasteiger charge is -2.19. The van der Waals surface area contributed by atoms with E-state index in [1.807, 2.05) is 0 Å². The van der Waals surface area contributed by atoms with Crippen molar-refractivity contribution >= 4 is 23.5 Å². The average Bonchev–Trinajstić information content (AvgIpc) is 3.10. The van der Waals surface area contributed by atoms with Gasteiger partial charge in [-0.25, -0.2) is 9.18 Å². The van der Waals surface area contributed by atoms with E-state index in [-0.39, 0.29) is 35.8 Å². The number of hydrogen-bond acceptors (Lipinski definition) is 7. The van der Waals surface area contributed by atoms with Gasteiger partial charge in [0.1, 0.15) is 17.6 Å². The number of aliphatic hydroxyl groups excluding tert-OH is 1. The van der Waals surface area contributed by atoms with Crippen LogP contribution in [0.5, 0.6) is 17.2 Å². The van der Waals surface area contributed by atoms with Gasteiger partial charge in [0.05, 0.1) is 20.1 Å². The molecule has 0 radical (unpaired) electrons. The minimum absolute atomic E-state index is 0.0260. The molecule has 10 nitrogen and oxygen atoms in total. The number of anilines is 1. The largest absolute Gasteiger partial charge is 0.494 e. The molecule has 50 heavy (non-hydrogen) atoms. The van der Waals surface area contributed by atoms with E-state index >= 15 is 0 Å². The molecule has 4 aromatic rings. The Morgan fingerprint density at radius 1 is 0.840 bits per heavy atom. The van der Waals surface area contributed by atoms with Gasteiger partial charge in [0.15, 0.2) is 11.5 Å². The van der Waals surface area contributed by atoms with Crippen molar-refractivity contribution in [1.82, 2.24) is 5.32 Å². The number of hydrogen-bond donors (Lipinski definition) is 4. The zero-order valence-corrected chi connectivity index (χ0v) is 28.2. The molecule has 0 bridgehead atoms. The van der Waals surface area contributed by atoms with Crippen molar-refractivity contribution in [2.24, 2.45) is 0 Å². The van der Waals surface area contributed by atoms with E-state index in [1.165, 1.54) is 68.8 Å². The summed E-state index contributed by atoms with van der Waals surface area (Å²) in [7, 11) is 1.43. The summed E-state index contributed by atoms with van der Waals surface area (Å²) in [4.78, 5) is 37.4. The number of unbranched alkanes of at least 4 members (excludes halogenated alkanes) is 4. The Labute approximate surface area is 291 Å². The Hall–Kier alpha value is -5.42. The fourth-order valence-corrected chi connectivity index (χ4v) is 5.17. The number of ether oxygens (including phenoxy) is 3. The van der Waals surface area contributed by atoms with Gasteiger partial charge in [0, 0.05) is 23.2 Å². The second-order valence-corrected chi connectivity index (χ2v) is 11.8. The summed E-state index contributed by atoms with van der Waals surface area (Å²) < 4.78 is 30.4. The van der Waals surface area contributed by atoms with Gasteiger partial charge < -0.3 is 35.1 Å². The van der Waals surface area contributed by atoms with Gasteiger partial charge in [-0.05, 0) is 90.3 Å². The maximum absolute atomic E-state index is 13.4. The zero-order chi connectivity index (χ0) is 35.9. The Balaban J connectivity index is 1.30. The van der Waals surface area contributed by atoms with Crippen LogP contribution in [0.3, 0.4) is 0 Å². The predicted molar refractivity (Wildman–Crippen MR) is 187 cm³/mol. The van der Waals surface area contributed by atoms with Crippen molar-refractivity contribution in [2.45, 2.75) is 64.2 Å². The van der Waals surface area contributed by atoms with Gasteiger partial charge in [-0.15, -0.1) is 0 Å². The monoisotopic (exact) mass is 686 g/mol. The second-order valence-electron chi connectivity index (χ2n) is 11.8. The first kappa shape index (κ1) is 37.4. The maximum Gasteiger partial charge on any atom is 0.326 e. The Morgan fingerprint density at radius 2 is 1.58 bits per heavy atom. The summed E-state index contributed by atoms with van der Waals surface area (Å²) in [5.74, 6) is -1.42. The van der Waals surface area contributed by atoms with Gasteiger partial charge in [-0.3, -0.25) is 9.59 Å². The normalized spacial score (nSPS) is 12.0. The summed E-state index contributed by atoms with van der Waals surface area (Å²) in [5, 5.41) is 25.8. The minimum atomic E-state index is -1.29. The zero-order valence-electron chi connectivity index (χ0n) is 28.2. The van der Waals surface area contributed by atoms with E-state index in [2.05, 4.69) is 17.6 Å². The Morgan fingerprint density at radius 3 is 2.26 bits per heavy atom. The molecule has 2 amide bonds. The first-order valence-electron chi connectivity index (χ1n) is 16.6. The third kappa shape index (κ3) is 11.6. The highest BCUT2D eigenvalue weighted by atomic mass is 19.1. The quantitative estimate of drug-likeness (QED) is 0.0619. The van der Waals surface area contributed by atoms with Crippen LogP contribution in [0, 0.1) is 5.82 Å². The second kappa shape index (κ2) is 18.9. The molecule has 0 aliphatic carbocycles. The standard InChI is InChI=1S/C39H43FN2O8/c1-3-4-5-6-7-21-49-32-18-14-29(15-19-32)39(47)50-34-20-11-27(24-35(34)48-2)23-33(38(45)46)42-37(44)28-12-16-31(17-13-28)41-36(43)25-26-9-8-10-30(40)22-26/h8-20,22,24,33,39,47H,3-7,21,23,25H2,1-2H3,(H,41,43)(H,42,44)(H,45,46). The summed E-state index contributed by atoms with van der Waals surface area (Å²) in [6.07, 6.45) is 4.36. The lowest BCUT2D eigenvalue weighted by molar-refractivity contribution is -0.139. The van der Waals surface area contributed by atoms with Crippen molar-refractivity contribution in [2.75, 3.05) is 19.0 Å². The summed E-state index contributed by atoms with van der Waals surface area (Å²) in [6, 6.07) is 22.2. The molecular weight excluding hydrogens is 643 g/mol. The number of amides is 2. The molecule has 4 aromatic carbocycles. The van der Waals surface area contributed by atoms with Crippen LogP contribution in [0.1, 0.15) is 72.4 Å². The molecule has 4 N–H and O–H groups in total. The molecular formula is C39H43FN2O8. The smallest absolute Gasteiger partial charge is 0.326 e. The molecule has 0 spiro atoms. The molecule has 0 heterocycles. The predicted octanol–water partition coefficient (Wildman–Crippen LogP) is 6.86. The average molecular weight is 687 g/mol. The number of aliphatic hydroxyl groups is 1. The van der Waals surface area contributed by atoms with Gasteiger partial charge in [-0.1, -0.05) is 50.8 Å². The maximum atomic E-state index is 13.4. The molecule has 0 fully saturated rings. The molecule has 2 unspecified atom stereocenters. The number of carboxylic acid groups (broad SMARTS) is 1. The lowest BCUT2D eigenvalue weighted by atomic mass is 10.0. The highest BCUT2D eigenvalue weighted by molar-refractivity contribution is 5.98. The highest BCUT2D eigenvalue weighted by Gasteiger charge is 2.23. The van der Waals surface area contributed by atoms with Gasteiger partial charge >= 0.3 is 5.97 Å². The van der Waals surface area contributed by atoms with Crippen LogP contribution in [0.2, 0.25) is 0 Å². The fourth-order valence-electron chi connectivity index (χ4n) is 5.17. The van der Waals surface area contributed by atoms with Gasteiger partial charge in [0.2, 0.25) is 12.2 Å². The third-order valence-corrected chi connectivity index (χ3v) is 7.88. The van der Waals surface area contributed by atoms with Crippen LogP contribution < -0.4 is 24.8 Å². The number of rotatable bonds is 19. The van der Waals surface area contributed by atoms with Crippen molar-refractivity contribution < 1.29 is 43.2 Å². The Kier molecular flexibility index (Phi) is 14.2.